The molecule has 0 spiro atoms. The van der Waals surface area contributed by atoms with Crippen molar-refractivity contribution in [2.75, 3.05) is 24.7 Å². The molecule has 5 heterocycles. The van der Waals surface area contributed by atoms with Gasteiger partial charge in [0.2, 0.25) is 21.8 Å². The molecule has 334 valence electrons. The lowest BCUT2D eigenvalue weighted by Gasteiger charge is -2.30. The van der Waals surface area contributed by atoms with Crippen LogP contribution in [-0.4, -0.2) is 100.0 Å². The fourth-order valence-corrected chi connectivity index (χ4v) is 12.4. The number of hydrogen-bond donors (Lipinski definition) is 3. The van der Waals surface area contributed by atoms with Gasteiger partial charge in [0.25, 0.3) is 5.91 Å². The van der Waals surface area contributed by atoms with Crippen molar-refractivity contribution >= 4 is 82.1 Å². The number of carbonyl (C=O) groups is 3. The molecule has 2 aliphatic carbocycles. The number of amides is 3. The van der Waals surface area contributed by atoms with E-state index in [1.165, 1.54) is 11.3 Å². The summed E-state index contributed by atoms with van der Waals surface area (Å²) >= 11 is 3.14. The maximum absolute atomic E-state index is 15.1. The maximum Gasteiger partial charge on any atom is 0.259 e. The molecule has 1 saturated heterocycles. The number of para-hydroxylation sites is 1. The number of thiazole rings is 1. The van der Waals surface area contributed by atoms with Crippen molar-refractivity contribution in [1.82, 2.24) is 24.9 Å². The standard InChI is InChI=1S/C46H55N7O7S3/c1-26(2)34-25-61-41(48-34)33-22-37(30-17-18-36(59-5)27(3)39(30)47-33)60-29-21-35-40(54)51-46(43(56)52-63(57,58)45(4)19-20-45)23-28(46)13-9-7-6-8-10-15-32(42(55)53(35)24-29)50-44-49-31-14-11-12-16-38(31)62-44/h9,11-14,16-18,22,26,28-29,32,34-35H,6-8,10,15,19-21,23-25H2,1-5H3,(H,49,50)(H,51,54)(H,52,56)/b13-9-/t28-,29-,32+,34?,35+,46-/m1/s1. The molecule has 1 unspecified atom stereocenters. The molecule has 0 bridgehead atoms. The third kappa shape index (κ3) is 8.52. The minimum atomic E-state index is -3.99. The summed E-state index contributed by atoms with van der Waals surface area (Å²) in [6.07, 6.45) is 8.32. The number of aromatic nitrogens is 2. The molecule has 6 atom stereocenters. The Morgan fingerprint density at radius 1 is 1.06 bits per heavy atom. The Kier molecular flexibility index (Phi) is 11.7. The highest BCUT2D eigenvalue weighted by Gasteiger charge is 2.63. The van der Waals surface area contributed by atoms with Gasteiger partial charge in [-0.2, -0.15) is 0 Å². The topological polar surface area (TPSA) is 181 Å². The number of aryl methyl sites for hydroxylation is 1. The highest BCUT2D eigenvalue weighted by atomic mass is 32.2. The zero-order valence-corrected chi connectivity index (χ0v) is 38.8. The SMILES string of the molecule is COc1ccc2c(O[C@@H]3C[C@H]4C(=O)N[C@]5(C(=O)NS(=O)(=O)C6(C)CC6)C[C@H]5/C=C\CCCCC[C@H](Nc5nc6ccccc6s5)C(=O)N4C3)cc(C3=NC(C(C)C)CS3)nc2c1C. The van der Waals surface area contributed by atoms with Gasteiger partial charge in [0.05, 0.1) is 45.9 Å². The molecule has 2 aromatic carbocycles. The number of ether oxygens (including phenoxy) is 2. The van der Waals surface area contributed by atoms with Crippen LogP contribution in [0.2, 0.25) is 0 Å². The van der Waals surface area contributed by atoms with Crippen LogP contribution in [0.15, 0.2) is 59.6 Å². The van der Waals surface area contributed by atoms with E-state index in [4.69, 9.17) is 24.4 Å². The van der Waals surface area contributed by atoms with Crippen LogP contribution in [0.25, 0.3) is 21.1 Å². The lowest BCUT2D eigenvalue weighted by Crippen LogP contribution is -2.58. The fraction of sp³-hybridized carbons (Fsp3) is 0.522. The summed E-state index contributed by atoms with van der Waals surface area (Å²) in [5.41, 5.74) is 1.57. The van der Waals surface area contributed by atoms with Crippen LogP contribution >= 0.6 is 23.1 Å². The number of nitrogens with one attached hydrogen (secondary N) is 3. The summed E-state index contributed by atoms with van der Waals surface area (Å²) in [6.45, 7) is 7.99. The van der Waals surface area contributed by atoms with E-state index in [-0.39, 0.29) is 31.3 Å². The molecule has 2 saturated carbocycles. The molecule has 4 aromatic rings. The van der Waals surface area contributed by atoms with Crippen LogP contribution in [0, 0.1) is 18.8 Å². The molecule has 14 nitrogen and oxygen atoms in total. The van der Waals surface area contributed by atoms with Gasteiger partial charge < -0.3 is 25.0 Å². The van der Waals surface area contributed by atoms with Gasteiger partial charge in [-0.25, -0.2) is 18.4 Å². The van der Waals surface area contributed by atoms with Crippen molar-refractivity contribution in [1.29, 1.82) is 0 Å². The predicted molar refractivity (Wildman–Crippen MR) is 248 cm³/mol. The highest BCUT2D eigenvalue weighted by molar-refractivity contribution is 8.14. The molecule has 63 heavy (non-hydrogen) atoms. The van der Waals surface area contributed by atoms with Crippen LogP contribution in [0.4, 0.5) is 5.13 Å². The normalized spacial score (nSPS) is 27.7. The number of carbonyl (C=O) groups excluding carboxylic acids is 3. The molecule has 3 fully saturated rings. The number of hydrogen-bond acceptors (Lipinski definition) is 13. The molecule has 5 aliphatic rings. The van der Waals surface area contributed by atoms with Gasteiger partial charge in [-0.3, -0.25) is 24.1 Å². The second kappa shape index (κ2) is 17.0. The van der Waals surface area contributed by atoms with Crippen molar-refractivity contribution in [3.63, 3.8) is 0 Å². The number of thioether (sulfide) groups is 1. The molecule has 0 radical (unpaired) electrons. The third-order valence-electron chi connectivity index (χ3n) is 13.4. The number of aliphatic imine (C=N–C) groups is 1. The minimum absolute atomic E-state index is 0.0869. The number of allylic oxidation sites excluding steroid dienone is 1. The Morgan fingerprint density at radius 2 is 1.87 bits per heavy atom. The second-order valence-corrected chi connectivity index (χ2v) is 22.5. The molecule has 3 N–H and O–H groups in total. The maximum atomic E-state index is 15.1. The number of anilines is 1. The number of rotatable bonds is 10. The Labute approximate surface area is 376 Å². The van der Waals surface area contributed by atoms with Crippen molar-refractivity contribution in [3.05, 3.63) is 65.9 Å². The summed E-state index contributed by atoms with van der Waals surface area (Å²) in [4.78, 5) is 60.5. The van der Waals surface area contributed by atoms with Gasteiger partial charge in [-0.05, 0) is 82.6 Å². The quantitative estimate of drug-likeness (QED) is 0.141. The van der Waals surface area contributed by atoms with E-state index < -0.39 is 56.2 Å². The molecule has 2 aromatic heterocycles. The Morgan fingerprint density at radius 3 is 2.62 bits per heavy atom. The molecule has 17 heteroatoms. The number of pyridine rings is 1. The first-order valence-electron chi connectivity index (χ1n) is 22.0. The van der Waals surface area contributed by atoms with Crippen molar-refractivity contribution in [3.8, 4) is 11.5 Å². The van der Waals surface area contributed by atoms with E-state index in [1.807, 2.05) is 61.5 Å². The van der Waals surface area contributed by atoms with Gasteiger partial charge >= 0.3 is 0 Å². The van der Waals surface area contributed by atoms with Crippen LogP contribution in [0.5, 0.6) is 11.5 Å². The van der Waals surface area contributed by atoms with Crippen molar-refractivity contribution < 1.29 is 32.3 Å². The molecule has 3 aliphatic heterocycles. The fourth-order valence-electron chi connectivity index (χ4n) is 8.89. The number of sulfonamides is 1. The first-order valence-corrected chi connectivity index (χ1v) is 25.3. The summed E-state index contributed by atoms with van der Waals surface area (Å²) in [5.74, 6) is 0.469. The van der Waals surface area contributed by atoms with Gasteiger partial charge in [0, 0.05) is 35.1 Å². The van der Waals surface area contributed by atoms with E-state index in [0.29, 0.717) is 53.0 Å². The monoisotopic (exact) mass is 913 g/mol. The Bertz CT molecular complexity index is 2610. The zero-order chi connectivity index (χ0) is 44.3. The summed E-state index contributed by atoms with van der Waals surface area (Å²) < 4.78 is 41.6. The largest absolute Gasteiger partial charge is 0.496 e. The molecule has 9 rings (SSSR count). The number of fused-ring (bicyclic) bond motifs is 4. The van der Waals surface area contributed by atoms with Crippen LogP contribution in [0.1, 0.15) is 89.8 Å². The Hall–Kier alpha value is -4.74. The molecule has 3 amide bonds. The van der Waals surface area contributed by atoms with E-state index in [0.717, 1.165) is 57.6 Å². The Balaban J connectivity index is 1.07. The predicted octanol–water partition coefficient (Wildman–Crippen LogP) is 6.90. The molecular formula is C46H55N7O7S3. The lowest BCUT2D eigenvalue weighted by molar-refractivity contribution is -0.140. The number of methoxy groups -OCH3 is 1. The van der Waals surface area contributed by atoms with E-state index in [1.54, 1.807) is 30.7 Å². The van der Waals surface area contributed by atoms with Gasteiger partial charge in [-0.15, -0.1) is 11.8 Å². The van der Waals surface area contributed by atoms with E-state index in [9.17, 15) is 18.0 Å². The van der Waals surface area contributed by atoms with Gasteiger partial charge in [0.15, 0.2) is 5.13 Å². The van der Waals surface area contributed by atoms with Crippen molar-refractivity contribution in [2.24, 2.45) is 16.8 Å². The first kappa shape index (κ1) is 43.5. The number of benzene rings is 2. The average Bonchev–Trinajstić information content (AvgIpc) is 3.90. The van der Waals surface area contributed by atoms with E-state index in [2.05, 4.69) is 29.2 Å². The zero-order valence-electron chi connectivity index (χ0n) is 36.3. The summed E-state index contributed by atoms with van der Waals surface area (Å²) in [6, 6.07) is 11.9. The molecular weight excluding hydrogens is 859 g/mol. The second-order valence-electron chi connectivity index (χ2n) is 18.2. The van der Waals surface area contributed by atoms with Crippen LogP contribution in [-0.2, 0) is 24.4 Å². The summed E-state index contributed by atoms with van der Waals surface area (Å²) in [7, 11) is -2.36. The van der Waals surface area contributed by atoms with Crippen LogP contribution < -0.4 is 24.8 Å². The van der Waals surface area contributed by atoms with Crippen molar-refractivity contribution in [2.45, 2.75) is 120 Å². The smallest absolute Gasteiger partial charge is 0.259 e. The minimum Gasteiger partial charge on any atom is -0.496 e. The first-order chi connectivity index (χ1) is 30.2. The van der Waals surface area contributed by atoms with Gasteiger partial charge in [0.1, 0.15) is 40.3 Å². The van der Waals surface area contributed by atoms with Gasteiger partial charge in [-0.1, -0.05) is 62.3 Å². The third-order valence-corrected chi connectivity index (χ3v) is 17.6. The van der Waals surface area contributed by atoms with E-state index >= 15 is 4.79 Å². The average molecular weight is 914 g/mol. The highest BCUT2D eigenvalue weighted by Crippen LogP contribution is 2.48. The van der Waals surface area contributed by atoms with Crippen LogP contribution in [0.3, 0.4) is 0 Å². The lowest BCUT2D eigenvalue weighted by atomic mass is 10.1. The number of nitrogens with zero attached hydrogens (tertiary/aromatic N) is 4. The summed E-state index contributed by atoms with van der Waals surface area (Å²) in [5, 5.41) is 8.65.